The number of aromatic nitrogens is 1. The minimum Gasteiger partial charge on any atom is -0.352 e. The number of guanidine groups is 1. The van der Waals surface area contributed by atoms with Gasteiger partial charge in [-0.2, -0.15) is 4.99 Å². The van der Waals surface area contributed by atoms with Crippen molar-refractivity contribution >= 4 is 46.5 Å². The van der Waals surface area contributed by atoms with E-state index >= 15 is 0 Å². The highest BCUT2D eigenvalue weighted by Gasteiger charge is 2.28. The molecule has 1 aromatic carbocycles. The Bertz CT molecular complexity index is 1210. The standard InChI is InChI=1S/C26H28Cl2N6/c1-18-7-8-20(16-22(18)28)23-9-10-24(31-26(30-23)32-12-3-4-13-32)34-15-14-33(17-19(34)2)25-21(27)6-5-11-29-25/h5-8,10-11,16,19H,3-4,12-15,17H2,1-2H3. The van der Waals surface area contributed by atoms with Crippen LogP contribution in [0.3, 0.4) is 0 Å². The van der Waals surface area contributed by atoms with E-state index in [2.05, 4.69) is 32.3 Å². The number of hydrogen-bond donors (Lipinski definition) is 0. The summed E-state index contributed by atoms with van der Waals surface area (Å²) in [5.41, 5.74) is 6.17. The van der Waals surface area contributed by atoms with E-state index in [4.69, 9.17) is 33.2 Å². The average Bonchev–Trinajstić information content (AvgIpc) is 3.28. The van der Waals surface area contributed by atoms with Crippen molar-refractivity contribution in [3.63, 3.8) is 0 Å². The molecule has 8 heteroatoms. The van der Waals surface area contributed by atoms with Crippen molar-refractivity contribution in [1.82, 2.24) is 14.8 Å². The van der Waals surface area contributed by atoms with Crippen LogP contribution in [0.4, 0.5) is 5.82 Å². The Kier molecular flexibility index (Phi) is 6.64. The van der Waals surface area contributed by atoms with E-state index < -0.39 is 0 Å². The summed E-state index contributed by atoms with van der Waals surface area (Å²) in [6.07, 6.45) is 6.08. The highest BCUT2D eigenvalue weighted by atomic mass is 35.5. The van der Waals surface area contributed by atoms with Gasteiger partial charge in [-0.25, -0.2) is 9.98 Å². The average molecular weight is 495 g/mol. The molecule has 176 valence electrons. The molecule has 34 heavy (non-hydrogen) atoms. The van der Waals surface area contributed by atoms with Gasteiger partial charge in [-0.05, 0) is 50.5 Å². The van der Waals surface area contributed by atoms with Crippen LogP contribution in [0.5, 0.6) is 0 Å². The van der Waals surface area contributed by atoms with Crippen molar-refractivity contribution in [1.29, 1.82) is 0 Å². The summed E-state index contributed by atoms with van der Waals surface area (Å²) >= 11 is 12.8. The monoisotopic (exact) mass is 494 g/mol. The van der Waals surface area contributed by atoms with Crippen molar-refractivity contribution in [2.24, 2.45) is 9.98 Å². The van der Waals surface area contributed by atoms with Crippen LogP contribution in [-0.4, -0.2) is 65.3 Å². The molecule has 0 spiro atoms. The van der Waals surface area contributed by atoms with E-state index in [0.29, 0.717) is 5.02 Å². The first-order chi connectivity index (χ1) is 16.5. The summed E-state index contributed by atoms with van der Waals surface area (Å²) in [5.74, 6) is 2.48. The number of nitrogens with zero attached hydrogens (tertiary/aromatic N) is 6. The van der Waals surface area contributed by atoms with Crippen molar-refractivity contribution in [2.75, 3.05) is 37.6 Å². The van der Waals surface area contributed by atoms with Gasteiger partial charge in [-0.3, -0.25) is 0 Å². The molecule has 1 aromatic heterocycles. The first kappa shape index (κ1) is 23.0. The Hall–Kier alpha value is -2.79. The molecule has 5 rings (SSSR count). The lowest BCUT2D eigenvalue weighted by molar-refractivity contribution is 0.298. The van der Waals surface area contributed by atoms with E-state index in [1.54, 1.807) is 6.20 Å². The van der Waals surface area contributed by atoms with E-state index in [0.717, 1.165) is 85.0 Å². The van der Waals surface area contributed by atoms with Crippen molar-refractivity contribution in [3.8, 4) is 0 Å². The summed E-state index contributed by atoms with van der Waals surface area (Å²) in [6, 6.07) is 10.0. The van der Waals surface area contributed by atoms with Crippen molar-refractivity contribution < 1.29 is 0 Å². The van der Waals surface area contributed by atoms with Crippen LogP contribution in [-0.2, 0) is 0 Å². The molecule has 0 aliphatic carbocycles. The number of aryl methyl sites for hydroxylation is 1. The van der Waals surface area contributed by atoms with Crippen LogP contribution in [0.2, 0.25) is 10.0 Å². The van der Waals surface area contributed by atoms with Gasteiger partial charge in [-0.1, -0.05) is 41.1 Å². The van der Waals surface area contributed by atoms with E-state index in [9.17, 15) is 0 Å². The summed E-state index contributed by atoms with van der Waals surface area (Å²) in [6.45, 7) is 8.59. The normalized spacial score (nSPS) is 20.8. The summed E-state index contributed by atoms with van der Waals surface area (Å²) in [7, 11) is 0. The highest BCUT2D eigenvalue weighted by Crippen LogP contribution is 2.27. The summed E-state index contributed by atoms with van der Waals surface area (Å²) in [4.78, 5) is 21.3. The summed E-state index contributed by atoms with van der Waals surface area (Å²) in [5, 5.41) is 1.41. The predicted molar refractivity (Wildman–Crippen MR) is 141 cm³/mol. The Morgan fingerprint density at radius 2 is 1.79 bits per heavy atom. The Morgan fingerprint density at radius 3 is 2.53 bits per heavy atom. The van der Waals surface area contributed by atoms with Gasteiger partial charge in [0.15, 0.2) is 0 Å². The van der Waals surface area contributed by atoms with Gasteiger partial charge in [-0.15, -0.1) is 0 Å². The minimum atomic E-state index is 0.221. The molecule has 0 amide bonds. The molecule has 1 unspecified atom stereocenters. The molecule has 4 heterocycles. The molecule has 0 bridgehead atoms. The van der Waals surface area contributed by atoms with Crippen molar-refractivity contribution in [3.05, 3.63) is 69.5 Å². The molecule has 2 saturated heterocycles. The predicted octanol–water partition coefficient (Wildman–Crippen LogP) is 5.27. The zero-order chi connectivity index (χ0) is 23.7. The Labute approximate surface area is 210 Å². The van der Waals surface area contributed by atoms with Gasteiger partial charge in [0.05, 0.1) is 5.02 Å². The first-order valence-corrected chi connectivity index (χ1v) is 12.5. The van der Waals surface area contributed by atoms with Gasteiger partial charge in [0, 0.05) is 61.6 Å². The molecule has 1 atom stereocenters. The second kappa shape index (κ2) is 9.83. The fraction of sp³-hybridized carbons (Fsp3) is 0.385. The third-order valence-electron chi connectivity index (χ3n) is 6.56. The fourth-order valence-corrected chi connectivity index (χ4v) is 5.04. The van der Waals surface area contributed by atoms with Crippen LogP contribution in [0.25, 0.3) is 5.70 Å². The maximum Gasteiger partial charge on any atom is 0.228 e. The quantitative estimate of drug-likeness (QED) is 0.533. The molecule has 0 N–H and O–H groups in total. The molecular formula is C26H28Cl2N6. The number of halogens is 2. The van der Waals surface area contributed by atoms with E-state index in [1.165, 1.54) is 0 Å². The van der Waals surface area contributed by atoms with Crippen LogP contribution in [0.1, 0.15) is 30.9 Å². The number of benzene rings is 1. The molecule has 3 aliphatic heterocycles. The molecule has 3 aliphatic rings. The number of pyridine rings is 1. The lowest BCUT2D eigenvalue weighted by Gasteiger charge is -2.41. The fourth-order valence-electron chi connectivity index (χ4n) is 4.62. The zero-order valence-electron chi connectivity index (χ0n) is 19.5. The third kappa shape index (κ3) is 4.72. The maximum absolute atomic E-state index is 6.42. The number of aliphatic imine (C=N–C) groups is 2. The first-order valence-electron chi connectivity index (χ1n) is 11.8. The van der Waals surface area contributed by atoms with Crippen LogP contribution in [0, 0.1) is 6.92 Å². The lowest BCUT2D eigenvalue weighted by Crippen LogP contribution is -2.54. The summed E-state index contributed by atoms with van der Waals surface area (Å²) < 4.78 is 0. The van der Waals surface area contributed by atoms with Crippen LogP contribution in [0.15, 0.2) is 58.3 Å². The smallest absolute Gasteiger partial charge is 0.228 e. The van der Waals surface area contributed by atoms with Gasteiger partial charge < -0.3 is 14.7 Å². The molecule has 2 aromatic rings. The molecule has 2 fully saturated rings. The van der Waals surface area contributed by atoms with E-state index in [-0.39, 0.29) is 6.04 Å². The largest absolute Gasteiger partial charge is 0.352 e. The molecule has 0 saturated carbocycles. The Balaban J connectivity index is 1.45. The Morgan fingerprint density at radius 1 is 0.971 bits per heavy atom. The topological polar surface area (TPSA) is 47.3 Å². The van der Waals surface area contributed by atoms with Gasteiger partial charge in [0.25, 0.3) is 0 Å². The van der Waals surface area contributed by atoms with Gasteiger partial charge in [0.1, 0.15) is 17.4 Å². The minimum absolute atomic E-state index is 0.221. The number of hydrogen-bond acceptors (Lipinski definition) is 6. The molecule has 6 nitrogen and oxygen atoms in total. The van der Waals surface area contributed by atoms with Crippen LogP contribution < -0.4 is 4.90 Å². The number of anilines is 1. The van der Waals surface area contributed by atoms with Crippen LogP contribution >= 0.6 is 23.2 Å². The maximum atomic E-state index is 6.42. The SMILES string of the molecule is Cc1ccc(C2=C=CC(N3CCN(c4ncccc4Cl)CC3C)=NC(N3CCCC3)=N2)cc1Cl. The zero-order valence-corrected chi connectivity index (χ0v) is 21.0. The van der Waals surface area contributed by atoms with E-state index in [1.807, 2.05) is 43.3 Å². The third-order valence-corrected chi connectivity index (χ3v) is 7.26. The van der Waals surface area contributed by atoms with Crippen molar-refractivity contribution in [2.45, 2.75) is 32.7 Å². The molecular weight excluding hydrogens is 467 g/mol. The second-order valence-electron chi connectivity index (χ2n) is 8.97. The highest BCUT2D eigenvalue weighted by molar-refractivity contribution is 6.33. The number of rotatable bonds is 2. The van der Waals surface area contributed by atoms with Gasteiger partial charge >= 0.3 is 0 Å². The number of likely N-dealkylation sites (tertiary alicyclic amines) is 1. The number of piperazine rings is 1. The number of amidine groups is 1. The lowest BCUT2D eigenvalue weighted by atomic mass is 10.1. The molecule has 0 radical (unpaired) electrons. The van der Waals surface area contributed by atoms with Gasteiger partial charge in [0.2, 0.25) is 5.96 Å². The second-order valence-corrected chi connectivity index (χ2v) is 9.79.